The molecule has 0 saturated carbocycles. The summed E-state index contributed by atoms with van der Waals surface area (Å²) >= 11 is 0. The first-order chi connectivity index (χ1) is 4.68. The quantitative estimate of drug-likeness (QED) is 0.399. The fourth-order valence-electron chi connectivity index (χ4n) is 0.446. The van der Waals surface area contributed by atoms with E-state index < -0.39 is 12.1 Å². The summed E-state index contributed by atoms with van der Waals surface area (Å²) in [5, 5.41) is 16.5. The Kier molecular flexibility index (Phi) is 5.10. The third-order valence-electron chi connectivity index (χ3n) is 0.985. The zero-order chi connectivity index (χ0) is 7.98. The zero-order valence-corrected chi connectivity index (χ0v) is 5.91. The molecular weight excluding hydrogens is 136 g/mol. The second-order valence-electron chi connectivity index (χ2n) is 1.79. The fourth-order valence-corrected chi connectivity index (χ4v) is 0.446. The lowest BCUT2D eigenvalue weighted by Gasteiger charge is -2.01. The van der Waals surface area contributed by atoms with E-state index in [9.17, 15) is 4.79 Å². The van der Waals surface area contributed by atoms with E-state index in [1.807, 2.05) is 0 Å². The molecule has 0 aliphatic carbocycles. The van der Waals surface area contributed by atoms with E-state index in [0.29, 0.717) is 6.61 Å². The number of aliphatic hydroxyl groups is 2. The van der Waals surface area contributed by atoms with Crippen LogP contribution in [0, 0.1) is 0 Å². The highest BCUT2D eigenvalue weighted by Crippen LogP contribution is 1.88. The van der Waals surface area contributed by atoms with Gasteiger partial charge in [0.05, 0.1) is 6.61 Å². The van der Waals surface area contributed by atoms with Crippen LogP contribution in [0.3, 0.4) is 0 Å². The molecule has 0 aromatic rings. The first-order valence-electron chi connectivity index (χ1n) is 3.15. The van der Waals surface area contributed by atoms with E-state index in [1.165, 1.54) is 0 Å². The van der Waals surface area contributed by atoms with Gasteiger partial charge in [0.1, 0.15) is 0 Å². The van der Waals surface area contributed by atoms with Crippen molar-refractivity contribution in [2.24, 2.45) is 0 Å². The van der Waals surface area contributed by atoms with Crippen LogP contribution in [0.15, 0.2) is 0 Å². The normalized spacial score (nSPS) is 10.4. The van der Waals surface area contributed by atoms with E-state index in [-0.39, 0.29) is 13.0 Å². The molecule has 0 saturated heterocycles. The molecule has 0 aliphatic rings. The van der Waals surface area contributed by atoms with Crippen molar-refractivity contribution in [3.05, 3.63) is 0 Å². The molecule has 4 heteroatoms. The Morgan fingerprint density at radius 1 is 1.60 bits per heavy atom. The Labute approximate surface area is 59.4 Å². The highest BCUT2D eigenvalue weighted by molar-refractivity contribution is 5.81. The number of carbonyl (C=O) groups is 1. The lowest BCUT2D eigenvalue weighted by Crippen LogP contribution is -2.20. The topological polar surface area (TPSA) is 66.8 Å². The predicted molar refractivity (Wildman–Crippen MR) is 34.3 cm³/mol. The Morgan fingerprint density at radius 2 is 2.20 bits per heavy atom. The average Bonchev–Trinajstić information content (AvgIpc) is 1.88. The maximum absolute atomic E-state index is 10.4. The van der Waals surface area contributed by atoms with Crippen LogP contribution in [0.2, 0.25) is 0 Å². The summed E-state index contributed by atoms with van der Waals surface area (Å²) in [6, 6.07) is 0. The lowest BCUT2D eigenvalue weighted by molar-refractivity contribution is -0.145. The molecule has 0 bridgehead atoms. The molecule has 2 N–H and O–H groups in total. The van der Waals surface area contributed by atoms with Gasteiger partial charge in [-0.15, -0.1) is 0 Å². The molecule has 0 radical (unpaired) electrons. The summed E-state index contributed by atoms with van der Waals surface area (Å²) in [5.41, 5.74) is 0. The fraction of sp³-hybridized carbons (Fsp3) is 0.833. The largest absolute Gasteiger partial charge is 0.381 e. The van der Waals surface area contributed by atoms with Gasteiger partial charge in [-0.3, -0.25) is 4.79 Å². The van der Waals surface area contributed by atoms with Gasteiger partial charge in [0.15, 0.2) is 5.78 Å². The van der Waals surface area contributed by atoms with Crippen LogP contribution < -0.4 is 0 Å². The van der Waals surface area contributed by atoms with Gasteiger partial charge in [0, 0.05) is 13.0 Å². The molecule has 0 amide bonds. The van der Waals surface area contributed by atoms with Crippen molar-refractivity contribution >= 4 is 5.78 Å². The highest BCUT2D eigenvalue weighted by atomic mass is 16.5. The first kappa shape index (κ1) is 9.55. The summed E-state index contributed by atoms with van der Waals surface area (Å²) in [6.07, 6.45) is -1.79. The van der Waals surface area contributed by atoms with Crippen LogP contribution in [0.5, 0.6) is 0 Å². The SMILES string of the molecule is CCOCCC(=O)C(O)O. The van der Waals surface area contributed by atoms with Crippen LogP contribution in [0.25, 0.3) is 0 Å². The monoisotopic (exact) mass is 148 g/mol. The molecular formula is C6H12O4. The second kappa shape index (κ2) is 5.34. The Morgan fingerprint density at radius 3 is 2.60 bits per heavy atom. The molecule has 60 valence electrons. The van der Waals surface area contributed by atoms with E-state index in [2.05, 4.69) is 0 Å². The molecule has 0 aliphatic heterocycles. The summed E-state index contributed by atoms with van der Waals surface area (Å²) in [5.74, 6) is -0.603. The summed E-state index contributed by atoms with van der Waals surface area (Å²) < 4.78 is 4.81. The zero-order valence-electron chi connectivity index (χ0n) is 5.91. The summed E-state index contributed by atoms with van der Waals surface area (Å²) in [4.78, 5) is 10.4. The Balaban J connectivity index is 3.22. The van der Waals surface area contributed by atoms with Gasteiger partial charge in [-0.2, -0.15) is 0 Å². The number of Topliss-reactive ketones (excluding diaryl/α,β-unsaturated/α-hetero) is 1. The van der Waals surface area contributed by atoms with Gasteiger partial charge in [0.25, 0.3) is 0 Å². The smallest absolute Gasteiger partial charge is 0.212 e. The Bertz CT molecular complexity index is 99.9. The van der Waals surface area contributed by atoms with Crippen LogP contribution >= 0.6 is 0 Å². The molecule has 0 aromatic heterocycles. The summed E-state index contributed by atoms with van der Waals surface area (Å²) in [7, 11) is 0. The minimum atomic E-state index is -1.85. The molecule has 0 aromatic carbocycles. The molecule has 0 spiro atoms. The standard InChI is InChI=1S/C6H12O4/c1-2-10-4-3-5(7)6(8)9/h6,8-9H,2-4H2,1H3. The van der Waals surface area contributed by atoms with Crippen molar-refractivity contribution in [1.82, 2.24) is 0 Å². The van der Waals surface area contributed by atoms with Gasteiger partial charge in [0.2, 0.25) is 6.29 Å². The minimum absolute atomic E-state index is 0.0610. The van der Waals surface area contributed by atoms with Crippen molar-refractivity contribution in [1.29, 1.82) is 0 Å². The third-order valence-corrected chi connectivity index (χ3v) is 0.985. The van der Waals surface area contributed by atoms with Gasteiger partial charge in [-0.05, 0) is 6.92 Å². The van der Waals surface area contributed by atoms with Crippen molar-refractivity contribution < 1.29 is 19.7 Å². The molecule has 4 nitrogen and oxygen atoms in total. The van der Waals surface area contributed by atoms with Crippen molar-refractivity contribution in [2.75, 3.05) is 13.2 Å². The van der Waals surface area contributed by atoms with Crippen molar-refractivity contribution in [3.63, 3.8) is 0 Å². The van der Waals surface area contributed by atoms with Crippen LogP contribution in [0.4, 0.5) is 0 Å². The van der Waals surface area contributed by atoms with Gasteiger partial charge in [-0.1, -0.05) is 0 Å². The van der Waals surface area contributed by atoms with Crippen molar-refractivity contribution in [2.45, 2.75) is 19.6 Å². The number of ether oxygens (including phenoxy) is 1. The number of hydrogen-bond donors (Lipinski definition) is 2. The number of aliphatic hydroxyl groups excluding tert-OH is 1. The first-order valence-corrected chi connectivity index (χ1v) is 3.15. The number of carbonyl (C=O) groups excluding carboxylic acids is 1. The molecule has 10 heavy (non-hydrogen) atoms. The van der Waals surface area contributed by atoms with Crippen molar-refractivity contribution in [3.8, 4) is 0 Å². The molecule has 0 atom stereocenters. The maximum atomic E-state index is 10.4. The van der Waals surface area contributed by atoms with Crippen LogP contribution in [0.1, 0.15) is 13.3 Å². The number of rotatable bonds is 5. The Hall–Kier alpha value is -0.450. The maximum Gasteiger partial charge on any atom is 0.212 e. The lowest BCUT2D eigenvalue weighted by atomic mass is 10.3. The van der Waals surface area contributed by atoms with Gasteiger partial charge in [-0.25, -0.2) is 0 Å². The van der Waals surface area contributed by atoms with Crippen LogP contribution in [-0.2, 0) is 9.53 Å². The van der Waals surface area contributed by atoms with Crippen LogP contribution in [-0.4, -0.2) is 35.5 Å². The molecule has 0 heterocycles. The molecule has 0 fully saturated rings. The number of ketones is 1. The van der Waals surface area contributed by atoms with E-state index in [0.717, 1.165) is 0 Å². The average molecular weight is 148 g/mol. The molecule has 0 rings (SSSR count). The highest BCUT2D eigenvalue weighted by Gasteiger charge is 2.09. The molecule has 0 unspecified atom stereocenters. The van der Waals surface area contributed by atoms with E-state index in [1.54, 1.807) is 6.92 Å². The van der Waals surface area contributed by atoms with Gasteiger partial charge < -0.3 is 14.9 Å². The van der Waals surface area contributed by atoms with E-state index >= 15 is 0 Å². The second-order valence-corrected chi connectivity index (χ2v) is 1.79. The van der Waals surface area contributed by atoms with E-state index in [4.69, 9.17) is 14.9 Å². The third kappa shape index (κ3) is 4.43. The predicted octanol–water partition coefficient (Wildman–Crippen LogP) is -0.707. The minimum Gasteiger partial charge on any atom is -0.381 e. The van der Waals surface area contributed by atoms with Gasteiger partial charge >= 0.3 is 0 Å². The number of hydrogen-bond acceptors (Lipinski definition) is 4. The summed E-state index contributed by atoms with van der Waals surface area (Å²) in [6.45, 7) is 2.60.